The van der Waals surface area contributed by atoms with Gasteiger partial charge in [-0.25, -0.2) is 0 Å². The third-order valence-corrected chi connectivity index (χ3v) is 6.89. The van der Waals surface area contributed by atoms with Crippen LogP contribution in [-0.2, 0) is 4.79 Å². The van der Waals surface area contributed by atoms with Gasteiger partial charge in [-0.15, -0.1) is 0 Å². The summed E-state index contributed by atoms with van der Waals surface area (Å²) >= 11 is 0. The summed E-state index contributed by atoms with van der Waals surface area (Å²) in [5, 5.41) is 7.71. The molecule has 0 aromatic heterocycles. The zero-order valence-electron chi connectivity index (χ0n) is 20.6. The number of carbonyl (C=O) groups excluding carboxylic acids is 1. The van der Waals surface area contributed by atoms with Gasteiger partial charge in [0, 0.05) is 16.5 Å². The number of hydrogen-bond donors (Lipinski definition) is 1. The second-order valence-corrected chi connectivity index (χ2v) is 8.96. The van der Waals surface area contributed by atoms with Gasteiger partial charge in [0.1, 0.15) is 5.70 Å². The summed E-state index contributed by atoms with van der Waals surface area (Å²) in [6.07, 6.45) is 1.99. The molecule has 182 valence electrons. The van der Waals surface area contributed by atoms with Crippen LogP contribution in [-0.4, -0.2) is 20.1 Å². The lowest BCUT2D eigenvalue weighted by atomic mass is 10.0. The first-order valence-electron chi connectivity index (χ1n) is 12.2. The SMILES string of the molecule is COc1ccc([C@H]2C=C(Nc3cccc4ccccc34)C(=O)N2c2cccc3ccccc23)cc1OC. The molecule has 5 aromatic rings. The first-order valence-corrected chi connectivity index (χ1v) is 12.2. The minimum absolute atomic E-state index is 0.0935. The first-order chi connectivity index (χ1) is 18.2. The smallest absolute Gasteiger partial charge is 0.275 e. The van der Waals surface area contributed by atoms with Crippen molar-refractivity contribution < 1.29 is 14.3 Å². The average molecular weight is 487 g/mol. The third kappa shape index (κ3) is 3.95. The van der Waals surface area contributed by atoms with Gasteiger partial charge in [-0.05, 0) is 46.7 Å². The molecule has 1 aliphatic rings. The quantitative estimate of drug-likeness (QED) is 0.278. The Kier molecular flexibility index (Phi) is 5.73. The molecule has 5 nitrogen and oxygen atoms in total. The van der Waals surface area contributed by atoms with Crippen molar-refractivity contribution in [2.45, 2.75) is 6.04 Å². The van der Waals surface area contributed by atoms with E-state index in [-0.39, 0.29) is 11.9 Å². The number of hydrogen-bond acceptors (Lipinski definition) is 4. The molecule has 5 aromatic carbocycles. The summed E-state index contributed by atoms with van der Waals surface area (Å²) in [6, 6.07) is 33.9. The molecule has 1 N–H and O–H groups in total. The van der Waals surface area contributed by atoms with Gasteiger partial charge in [-0.3, -0.25) is 9.69 Å². The molecule has 0 aliphatic carbocycles. The molecule has 1 atom stereocenters. The monoisotopic (exact) mass is 486 g/mol. The standard InChI is InChI=1S/C32H26N2O3/c1-36-30-18-17-23(19-31(30)37-2)29-20-27(33-26-15-7-11-21-9-3-5-13-24(21)26)32(35)34(29)28-16-8-12-22-10-4-6-14-25(22)28/h3-20,29,33H,1-2H3/t29-/m1/s1. The fraction of sp³-hybridized carbons (Fsp3) is 0.0938. The second kappa shape index (κ2) is 9.36. The lowest BCUT2D eigenvalue weighted by Crippen LogP contribution is -2.31. The summed E-state index contributed by atoms with van der Waals surface area (Å²) < 4.78 is 11.0. The maximum Gasteiger partial charge on any atom is 0.275 e. The minimum Gasteiger partial charge on any atom is -0.493 e. The molecular weight excluding hydrogens is 460 g/mol. The predicted molar refractivity (Wildman–Crippen MR) is 149 cm³/mol. The number of anilines is 2. The Morgan fingerprint density at radius 3 is 2.11 bits per heavy atom. The number of rotatable bonds is 6. The van der Waals surface area contributed by atoms with E-state index in [0.29, 0.717) is 17.2 Å². The minimum atomic E-state index is -0.337. The number of methoxy groups -OCH3 is 2. The van der Waals surface area contributed by atoms with Crippen molar-refractivity contribution in [2.24, 2.45) is 0 Å². The van der Waals surface area contributed by atoms with Crippen LogP contribution >= 0.6 is 0 Å². The van der Waals surface area contributed by atoms with Gasteiger partial charge in [0.2, 0.25) is 0 Å². The van der Waals surface area contributed by atoms with Crippen LogP contribution in [0.2, 0.25) is 0 Å². The summed E-state index contributed by atoms with van der Waals surface area (Å²) in [4.78, 5) is 15.9. The zero-order valence-corrected chi connectivity index (χ0v) is 20.6. The van der Waals surface area contributed by atoms with Gasteiger partial charge in [0.25, 0.3) is 5.91 Å². The van der Waals surface area contributed by atoms with Gasteiger partial charge in [-0.2, -0.15) is 0 Å². The highest BCUT2D eigenvalue weighted by Gasteiger charge is 2.36. The Morgan fingerprint density at radius 1 is 0.703 bits per heavy atom. The number of benzene rings is 5. The molecule has 1 amide bonds. The number of carbonyl (C=O) groups is 1. The molecule has 0 saturated carbocycles. The van der Waals surface area contributed by atoms with E-state index < -0.39 is 0 Å². The van der Waals surface area contributed by atoms with Crippen LogP contribution in [0.5, 0.6) is 11.5 Å². The second-order valence-electron chi connectivity index (χ2n) is 8.96. The molecule has 0 unspecified atom stereocenters. The van der Waals surface area contributed by atoms with E-state index in [4.69, 9.17) is 9.47 Å². The maximum atomic E-state index is 14.1. The highest BCUT2D eigenvalue weighted by atomic mass is 16.5. The van der Waals surface area contributed by atoms with Crippen molar-refractivity contribution in [3.63, 3.8) is 0 Å². The van der Waals surface area contributed by atoms with Crippen molar-refractivity contribution in [3.8, 4) is 11.5 Å². The van der Waals surface area contributed by atoms with Crippen molar-refractivity contribution in [1.29, 1.82) is 0 Å². The summed E-state index contributed by atoms with van der Waals surface area (Å²) in [5.74, 6) is 1.17. The summed E-state index contributed by atoms with van der Waals surface area (Å²) in [7, 11) is 3.23. The number of amides is 1. The van der Waals surface area contributed by atoms with Crippen LogP contribution in [0.3, 0.4) is 0 Å². The molecule has 5 heteroatoms. The van der Waals surface area contributed by atoms with E-state index in [1.807, 2.05) is 77.7 Å². The number of fused-ring (bicyclic) bond motifs is 2. The number of nitrogens with one attached hydrogen (secondary N) is 1. The normalized spacial score (nSPS) is 15.2. The van der Waals surface area contributed by atoms with Crippen molar-refractivity contribution in [2.75, 3.05) is 24.4 Å². The van der Waals surface area contributed by atoms with Gasteiger partial charge < -0.3 is 14.8 Å². The molecule has 0 fully saturated rings. The fourth-order valence-electron chi connectivity index (χ4n) is 5.09. The lowest BCUT2D eigenvalue weighted by Gasteiger charge is -2.27. The fourth-order valence-corrected chi connectivity index (χ4v) is 5.09. The highest BCUT2D eigenvalue weighted by molar-refractivity contribution is 6.15. The van der Waals surface area contributed by atoms with Crippen LogP contribution in [0.25, 0.3) is 21.5 Å². The van der Waals surface area contributed by atoms with Gasteiger partial charge in [-0.1, -0.05) is 78.9 Å². The Morgan fingerprint density at radius 2 is 1.35 bits per heavy atom. The Bertz CT molecular complexity index is 1660. The Hall–Kier alpha value is -4.77. The van der Waals surface area contributed by atoms with Gasteiger partial charge in [0.05, 0.1) is 25.9 Å². The predicted octanol–water partition coefficient (Wildman–Crippen LogP) is 7.09. The lowest BCUT2D eigenvalue weighted by molar-refractivity contribution is -0.114. The van der Waals surface area contributed by atoms with Crippen molar-refractivity contribution >= 4 is 38.8 Å². The molecule has 1 aliphatic heterocycles. The van der Waals surface area contributed by atoms with Crippen LogP contribution in [0, 0.1) is 0 Å². The topological polar surface area (TPSA) is 50.8 Å². The highest BCUT2D eigenvalue weighted by Crippen LogP contribution is 2.41. The van der Waals surface area contributed by atoms with Crippen LogP contribution < -0.4 is 19.7 Å². The zero-order chi connectivity index (χ0) is 25.4. The average Bonchev–Trinajstić information content (AvgIpc) is 3.27. The molecule has 0 spiro atoms. The van der Waals surface area contributed by atoms with E-state index in [1.54, 1.807) is 14.2 Å². The molecule has 0 bridgehead atoms. The summed E-state index contributed by atoms with van der Waals surface area (Å²) in [5.41, 5.74) is 3.20. The van der Waals surface area contributed by atoms with Crippen molar-refractivity contribution in [1.82, 2.24) is 0 Å². The van der Waals surface area contributed by atoms with E-state index in [0.717, 1.165) is 38.5 Å². The van der Waals surface area contributed by atoms with E-state index >= 15 is 0 Å². The van der Waals surface area contributed by atoms with E-state index in [1.165, 1.54) is 0 Å². The molecule has 6 rings (SSSR count). The van der Waals surface area contributed by atoms with Gasteiger partial charge >= 0.3 is 0 Å². The maximum absolute atomic E-state index is 14.1. The molecule has 37 heavy (non-hydrogen) atoms. The van der Waals surface area contributed by atoms with Crippen molar-refractivity contribution in [3.05, 3.63) is 120 Å². The van der Waals surface area contributed by atoms with Crippen LogP contribution in [0.4, 0.5) is 11.4 Å². The van der Waals surface area contributed by atoms with Crippen LogP contribution in [0.1, 0.15) is 11.6 Å². The Balaban J connectivity index is 1.49. The number of ether oxygens (including phenoxy) is 2. The molecular formula is C32H26N2O3. The third-order valence-electron chi connectivity index (χ3n) is 6.89. The van der Waals surface area contributed by atoms with E-state index in [9.17, 15) is 4.79 Å². The first kappa shape index (κ1) is 22.7. The number of nitrogens with zero attached hydrogens (tertiary/aromatic N) is 1. The molecule has 1 heterocycles. The molecule has 0 saturated heterocycles. The van der Waals surface area contributed by atoms with E-state index in [2.05, 4.69) is 41.7 Å². The largest absolute Gasteiger partial charge is 0.493 e. The summed E-state index contributed by atoms with van der Waals surface area (Å²) in [6.45, 7) is 0. The van der Waals surface area contributed by atoms with Crippen LogP contribution in [0.15, 0.2) is 115 Å². The van der Waals surface area contributed by atoms with Gasteiger partial charge in [0.15, 0.2) is 11.5 Å². The molecule has 0 radical (unpaired) electrons. The Labute approximate surface area is 215 Å².